The lowest BCUT2D eigenvalue weighted by atomic mass is 10.6. The standard InChI is InChI=1S/C4H11OSi/c1-3-4-6-5-2/h6H,3-4H2,1-2H3. The summed E-state index contributed by atoms with van der Waals surface area (Å²) < 4.78 is 4.87. The van der Waals surface area contributed by atoms with Crippen molar-refractivity contribution in [3.05, 3.63) is 0 Å². The quantitative estimate of drug-likeness (QED) is 0.379. The van der Waals surface area contributed by atoms with Crippen LogP contribution in [0, 0.1) is 0 Å². The normalized spacial score (nSPS) is 9.00. The molecule has 0 spiro atoms. The van der Waals surface area contributed by atoms with Crippen molar-refractivity contribution in [1.82, 2.24) is 0 Å². The van der Waals surface area contributed by atoms with Gasteiger partial charge in [-0.05, 0) is 6.04 Å². The predicted octanol–water partition coefficient (Wildman–Crippen LogP) is 0.813. The molecule has 0 saturated heterocycles. The van der Waals surface area contributed by atoms with E-state index in [9.17, 15) is 0 Å². The van der Waals surface area contributed by atoms with Crippen molar-refractivity contribution in [3.63, 3.8) is 0 Å². The molecule has 0 aromatic heterocycles. The highest BCUT2D eigenvalue weighted by atomic mass is 28.2. The molecule has 0 atom stereocenters. The van der Waals surface area contributed by atoms with Gasteiger partial charge in [-0.15, -0.1) is 0 Å². The molecule has 0 rings (SSSR count). The number of hydrogen-bond donors (Lipinski definition) is 0. The predicted molar refractivity (Wildman–Crippen MR) is 29.3 cm³/mol. The van der Waals surface area contributed by atoms with Crippen LogP contribution in [0.25, 0.3) is 0 Å². The highest BCUT2D eigenvalue weighted by Crippen LogP contribution is 1.82. The van der Waals surface area contributed by atoms with Crippen molar-refractivity contribution in [2.24, 2.45) is 0 Å². The van der Waals surface area contributed by atoms with Gasteiger partial charge < -0.3 is 4.43 Å². The molecule has 0 aliphatic rings. The average molecular weight is 103 g/mol. The maximum atomic E-state index is 4.87. The van der Waals surface area contributed by atoms with E-state index in [1.807, 2.05) is 0 Å². The summed E-state index contributed by atoms with van der Waals surface area (Å²) in [6.45, 7) is 2.17. The highest BCUT2D eigenvalue weighted by Gasteiger charge is 1.78. The minimum Gasteiger partial charge on any atom is -0.424 e. The molecule has 0 amide bonds. The number of rotatable bonds is 3. The van der Waals surface area contributed by atoms with E-state index in [0.29, 0.717) is 9.76 Å². The molecule has 0 aliphatic heterocycles. The van der Waals surface area contributed by atoms with Crippen molar-refractivity contribution in [2.75, 3.05) is 7.11 Å². The molecule has 1 nitrogen and oxygen atoms in total. The first-order valence-electron chi connectivity index (χ1n) is 2.26. The van der Waals surface area contributed by atoms with E-state index in [2.05, 4.69) is 6.92 Å². The summed E-state index contributed by atoms with van der Waals surface area (Å²) >= 11 is 0. The SMILES string of the molecule is CCC[SiH]OC. The fraction of sp³-hybridized carbons (Fsp3) is 1.00. The van der Waals surface area contributed by atoms with Gasteiger partial charge in [-0.25, -0.2) is 0 Å². The largest absolute Gasteiger partial charge is 0.424 e. The Hall–Kier alpha value is 0.177. The molecular weight excluding hydrogens is 92.1 g/mol. The van der Waals surface area contributed by atoms with Crippen LogP contribution in [0.1, 0.15) is 13.3 Å². The van der Waals surface area contributed by atoms with Crippen molar-refractivity contribution in [2.45, 2.75) is 19.4 Å². The fourth-order valence-corrected chi connectivity index (χ4v) is 0.707. The molecule has 6 heavy (non-hydrogen) atoms. The summed E-state index contributed by atoms with van der Waals surface area (Å²) in [6.07, 6.45) is 1.27. The Labute approximate surface area is 41.6 Å². The molecule has 0 unspecified atom stereocenters. The van der Waals surface area contributed by atoms with Crippen LogP contribution in [-0.4, -0.2) is 16.9 Å². The van der Waals surface area contributed by atoms with Crippen LogP contribution in [0.3, 0.4) is 0 Å². The summed E-state index contributed by atoms with van der Waals surface area (Å²) in [6, 6.07) is 1.27. The third-order valence-electron chi connectivity index (χ3n) is 0.573. The Morgan fingerprint density at radius 3 is 2.50 bits per heavy atom. The molecule has 1 radical (unpaired) electrons. The van der Waals surface area contributed by atoms with E-state index in [4.69, 9.17) is 4.43 Å². The monoisotopic (exact) mass is 103 g/mol. The van der Waals surface area contributed by atoms with Crippen LogP contribution in [0.4, 0.5) is 0 Å². The molecule has 0 N–H and O–H groups in total. The molecule has 0 aromatic carbocycles. The summed E-state index contributed by atoms with van der Waals surface area (Å²) in [5, 5.41) is 0. The first-order chi connectivity index (χ1) is 2.91. The lowest BCUT2D eigenvalue weighted by molar-refractivity contribution is 0.440. The first kappa shape index (κ1) is 6.18. The Morgan fingerprint density at radius 1 is 1.67 bits per heavy atom. The average Bonchev–Trinajstić information content (AvgIpc) is 1.61. The van der Waals surface area contributed by atoms with Gasteiger partial charge in [0.15, 0.2) is 9.76 Å². The molecule has 0 saturated carbocycles. The van der Waals surface area contributed by atoms with E-state index >= 15 is 0 Å². The van der Waals surface area contributed by atoms with E-state index in [1.54, 1.807) is 7.11 Å². The molecule has 0 heterocycles. The number of hydrogen-bond acceptors (Lipinski definition) is 1. The van der Waals surface area contributed by atoms with Crippen molar-refractivity contribution < 1.29 is 4.43 Å². The van der Waals surface area contributed by atoms with E-state index in [1.165, 1.54) is 12.5 Å². The van der Waals surface area contributed by atoms with E-state index < -0.39 is 0 Å². The zero-order valence-corrected chi connectivity index (χ0v) is 5.55. The zero-order valence-electron chi connectivity index (χ0n) is 4.40. The minimum absolute atomic E-state index is 0.318. The summed E-state index contributed by atoms with van der Waals surface area (Å²) in [5.74, 6) is 0. The van der Waals surface area contributed by atoms with Crippen LogP contribution in [0.2, 0.25) is 6.04 Å². The van der Waals surface area contributed by atoms with Gasteiger partial charge in [0.05, 0.1) is 0 Å². The molecule has 0 aliphatic carbocycles. The zero-order chi connectivity index (χ0) is 4.83. The lowest BCUT2D eigenvalue weighted by Crippen LogP contribution is -1.89. The smallest absolute Gasteiger partial charge is 0.192 e. The van der Waals surface area contributed by atoms with Gasteiger partial charge in [0.25, 0.3) is 0 Å². The topological polar surface area (TPSA) is 9.23 Å². The highest BCUT2D eigenvalue weighted by molar-refractivity contribution is 6.26. The van der Waals surface area contributed by atoms with Crippen molar-refractivity contribution in [1.29, 1.82) is 0 Å². The second-order valence-electron chi connectivity index (χ2n) is 1.19. The second-order valence-corrected chi connectivity index (χ2v) is 2.57. The Balaban J connectivity index is 2.34. The summed E-state index contributed by atoms with van der Waals surface area (Å²) in [4.78, 5) is 0. The second kappa shape index (κ2) is 5.18. The Kier molecular flexibility index (Phi) is 5.33. The van der Waals surface area contributed by atoms with Crippen LogP contribution < -0.4 is 0 Å². The van der Waals surface area contributed by atoms with Gasteiger partial charge in [0.2, 0.25) is 0 Å². The van der Waals surface area contributed by atoms with Crippen LogP contribution in [0.15, 0.2) is 0 Å². The van der Waals surface area contributed by atoms with E-state index in [0.717, 1.165) is 0 Å². The van der Waals surface area contributed by atoms with Gasteiger partial charge >= 0.3 is 0 Å². The summed E-state index contributed by atoms with van der Waals surface area (Å²) in [7, 11) is 2.09. The van der Waals surface area contributed by atoms with Gasteiger partial charge in [-0.1, -0.05) is 13.3 Å². The maximum absolute atomic E-state index is 4.87. The van der Waals surface area contributed by atoms with Crippen molar-refractivity contribution in [3.8, 4) is 0 Å². The molecule has 2 heteroatoms. The van der Waals surface area contributed by atoms with Crippen LogP contribution >= 0.6 is 0 Å². The Bertz CT molecular complexity index is 19.5. The first-order valence-corrected chi connectivity index (χ1v) is 3.55. The van der Waals surface area contributed by atoms with Gasteiger partial charge in [-0.3, -0.25) is 0 Å². The molecule has 0 fully saturated rings. The van der Waals surface area contributed by atoms with Gasteiger partial charge in [0.1, 0.15) is 0 Å². The third-order valence-corrected chi connectivity index (χ3v) is 1.72. The maximum Gasteiger partial charge on any atom is 0.192 e. The molecule has 0 aromatic rings. The third kappa shape index (κ3) is 4.18. The van der Waals surface area contributed by atoms with Crippen LogP contribution in [-0.2, 0) is 4.43 Å². The van der Waals surface area contributed by atoms with E-state index in [-0.39, 0.29) is 0 Å². The van der Waals surface area contributed by atoms with Gasteiger partial charge in [0, 0.05) is 7.11 Å². The summed E-state index contributed by atoms with van der Waals surface area (Å²) in [5.41, 5.74) is 0. The fourth-order valence-electron chi connectivity index (χ4n) is 0.236. The van der Waals surface area contributed by atoms with Crippen LogP contribution in [0.5, 0.6) is 0 Å². The lowest BCUT2D eigenvalue weighted by Gasteiger charge is -1.87. The van der Waals surface area contributed by atoms with Gasteiger partial charge in [-0.2, -0.15) is 0 Å². The Morgan fingerprint density at radius 2 is 2.33 bits per heavy atom. The minimum atomic E-state index is 0.318. The molecule has 0 bridgehead atoms. The molecular formula is C4H11OSi. The van der Waals surface area contributed by atoms with Crippen molar-refractivity contribution >= 4 is 9.76 Å². The molecule has 37 valence electrons.